The van der Waals surface area contributed by atoms with E-state index in [-0.39, 0.29) is 5.37 Å². The lowest BCUT2D eigenvalue weighted by Gasteiger charge is -2.16. The highest BCUT2D eigenvalue weighted by Gasteiger charge is 2.32. The van der Waals surface area contributed by atoms with Crippen molar-refractivity contribution < 1.29 is 19.4 Å². The zero-order valence-electron chi connectivity index (χ0n) is 10.2. The van der Waals surface area contributed by atoms with Gasteiger partial charge in [0, 0.05) is 11.3 Å². The molecule has 1 heterocycles. The Morgan fingerprint density at radius 2 is 2.22 bits per heavy atom. The van der Waals surface area contributed by atoms with Crippen LogP contribution in [0.4, 0.5) is 0 Å². The number of aliphatic carboxylic acids is 1. The number of benzene rings is 1. The van der Waals surface area contributed by atoms with E-state index in [1.165, 1.54) is 0 Å². The van der Waals surface area contributed by atoms with Gasteiger partial charge in [0.2, 0.25) is 0 Å². The molecule has 0 aromatic heterocycles. The van der Waals surface area contributed by atoms with Crippen LogP contribution in [0.2, 0.25) is 0 Å². The average Bonchev–Trinajstić information content (AvgIpc) is 2.87. The van der Waals surface area contributed by atoms with Crippen LogP contribution in [0.5, 0.6) is 11.5 Å². The van der Waals surface area contributed by atoms with Crippen molar-refractivity contribution in [2.45, 2.75) is 11.4 Å². The van der Waals surface area contributed by atoms with Crippen LogP contribution in [0.25, 0.3) is 0 Å². The molecule has 1 saturated heterocycles. The maximum absolute atomic E-state index is 10.9. The number of carboxylic acids is 1. The van der Waals surface area contributed by atoms with E-state index in [9.17, 15) is 4.79 Å². The molecule has 0 saturated carbocycles. The first-order valence-corrected chi connectivity index (χ1v) is 6.53. The summed E-state index contributed by atoms with van der Waals surface area (Å²) in [6, 6.07) is 4.99. The predicted molar refractivity (Wildman–Crippen MR) is 69.3 cm³/mol. The van der Waals surface area contributed by atoms with Crippen LogP contribution >= 0.6 is 11.8 Å². The zero-order chi connectivity index (χ0) is 13.1. The fraction of sp³-hybridized carbons (Fsp3) is 0.417. The normalized spacial score (nSPS) is 22.8. The molecular formula is C12H15NO4S. The first kappa shape index (κ1) is 13.0. The molecule has 1 aliphatic heterocycles. The maximum Gasteiger partial charge on any atom is 0.321 e. The maximum atomic E-state index is 10.9. The van der Waals surface area contributed by atoms with Gasteiger partial charge < -0.3 is 14.6 Å². The summed E-state index contributed by atoms with van der Waals surface area (Å²) in [5.41, 5.74) is 0.908. The Hall–Kier alpha value is -1.40. The molecule has 1 fully saturated rings. The Balaban J connectivity index is 2.24. The lowest BCUT2D eigenvalue weighted by atomic mass is 10.1. The summed E-state index contributed by atoms with van der Waals surface area (Å²) < 4.78 is 10.5. The van der Waals surface area contributed by atoms with Crippen LogP contribution in [0.1, 0.15) is 10.9 Å². The van der Waals surface area contributed by atoms with E-state index >= 15 is 0 Å². The fourth-order valence-corrected chi connectivity index (χ4v) is 3.09. The van der Waals surface area contributed by atoms with Crippen molar-refractivity contribution >= 4 is 17.7 Å². The minimum atomic E-state index is -0.827. The van der Waals surface area contributed by atoms with E-state index < -0.39 is 12.0 Å². The number of hydrogen-bond donors (Lipinski definition) is 2. The largest absolute Gasteiger partial charge is 0.497 e. The summed E-state index contributed by atoms with van der Waals surface area (Å²) in [5, 5.41) is 11.9. The van der Waals surface area contributed by atoms with Crippen molar-refractivity contribution in [2.24, 2.45) is 0 Å². The average molecular weight is 269 g/mol. The van der Waals surface area contributed by atoms with Gasteiger partial charge in [0.25, 0.3) is 0 Å². The quantitative estimate of drug-likeness (QED) is 0.863. The summed E-state index contributed by atoms with van der Waals surface area (Å²) in [6.07, 6.45) is 0. The third-order valence-electron chi connectivity index (χ3n) is 2.80. The van der Waals surface area contributed by atoms with E-state index in [1.807, 2.05) is 18.2 Å². The lowest BCUT2D eigenvalue weighted by Crippen LogP contribution is -2.33. The Morgan fingerprint density at radius 1 is 1.44 bits per heavy atom. The first-order chi connectivity index (χ1) is 8.65. The second-order valence-corrected chi connectivity index (χ2v) is 5.02. The summed E-state index contributed by atoms with van der Waals surface area (Å²) in [6.45, 7) is 0. The fourth-order valence-electron chi connectivity index (χ4n) is 1.84. The van der Waals surface area contributed by atoms with Crippen molar-refractivity contribution in [1.82, 2.24) is 5.32 Å². The minimum Gasteiger partial charge on any atom is -0.497 e. The van der Waals surface area contributed by atoms with Crippen LogP contribution < -0.4 is 14.8 Å². The first-order valence-electron chi connectivity index (χ1n) is 5.48. The van der Waals surface area contributed by atoms with E-state index in [1.54, 1.807) is 26.0 Å². The van der Waals surface area contributed by atoms with Crippen molar-refractivity contribution in [1.29, 1.82) is 0 Å². The van der Waals surface area contributed by atoms with Gasteiger partial charge in [-0.15, -0.1) is 11.8 Å². The monoisotopic (exact) mass is 269 g/mol. The molecule has 98 valence electrons. The Kier molecular flexibility index (Phi) is 3.98. The molecule has 2 atom stereocenters. The van der Waals surface area contributed by atoms with E-state index in [0.29, 0.717) is 5.75 Å². The number of hydrogen-bond acceptors (Lipinski definition) is 5. The molecule has 0 amide bonds. The molecule has 0 spiro atoms. The highest BCUT2D eigenvalue weighted by molar-refractivity contribution is 7.99. The van der Waals surface area contributed by atoms with Gasteiger partial charge in [-0.1, -0.05) is 0 Å². The van der Waals surface area contributed by atoms with Crippen molar-refractivity contribution in [3.63, 3.8) is 0 Å². The van der Waals surface area contributed by atoms with Crippen LogP contribution in [-0.2, 0) is 4.79 Å². The summed E-state index contributed by atoms with van der Waals surface area (Å²) in [5.74, 6) is 1.17. The van der Waals surface area contributed by atoms with Crippen LogP contribution in [0, 0.1) is 0 Å². The number of carboxylic acid groups (broad SMARTS) is 1. The Labute approximate surface area is 109 Å². The summed E-state index contributed by atoms with van der Waals surface area (Å²) >= 11 is 1.55. The van der Waals surface area contributed by atoms with Gasteiger partial charge in [0.1, 0.15) is 17.5 Å². The highest BCUT2D eigenvalue weighted by Crippen LogP contribution is 2.39. The molecule has 1 aromatic rings. The van der Waals surface area contributed by atoms with Gasteiger partial charge in [0.05, 0.1) is 19.6 Å². The van der Waals surface area contributed by atoms with Gasteiger partial charge in [-0.2, -0.15) is 0 Å². The van der Waals surface area contributed by atoms with Crippen LogP contribution in [-0.4, -0.2) is 37.1 Å². The molecule has 2 rings (SSSR count). The van der Waals surface area contributed by atoms with Crippen LogP contribution in [0.15, 0.2) is 18.2 Å². The molecule has 0 radical (unpaired) electrons. The second kappa shape index (κ2) is 5.49. The molecule has 1 unspecified atom stereocenters. The number of methoxy groups -OCH3 is 2. The van der Waals surface area contributed by atoms with Gasteiger partial charge in [-0.3, -0.25) is 10.1 Å². The number of ether oxygens (including phenoxy) is 2. The third-order valence-corrected chi connectivity index (χ3v) is 4.05. The molecule has 2 N–H and O–H groups in total. The molecule has 0 bridgehead atoms. The Bertz CT molecular complexity index is 452. The summed E-state index contributed by atoms with van der Waals surface area (Å²) in [4.78, 5) is 10.9. The number of rotatable bonds is 4. The van der Waals surface area contributed by atoms with Gasteiger partial charge in [0.15, 0.2) is 0 Å². The van der Waals surface area contributed by atoms with Gasteiger partial charge in [-0.05, 0) is 18.2 Å². The molecule has 6 heteroatoms. The molecule has 1 aliphatic rings. The highest BCUT2D eigenvalue weighted by atomic mass is 32.2. The predicted octanol–water partition coefficient (Wildman–Crippen LogP) is 1.49. The summed E-state index contributed by atoms with van der Waals surface area (Å²) in [7, 11) is 3.19. The zero-order valence-corrected chi connectivity index (χ0v) is 11.0. The SMILES string of the molecule is COc1ccc(OC)c(C2N[C@H](C(=O)O)CS2)c1. The number of carbonyl (C=O) groups is 1. The van der Waals surface area contributed by atoms with E-state index in [2.05, 4.69) is 5.32 Å². The molecule has 1 aromatic carbocycles. The minimum absolute atomic E-state index is 0.0869. The molecule has 18 heavy (non-hydrogen) atoms. The van der Waals surface area contributed by atoms with Gasteiger partial charge >= 0.3 is 5.97 Å². The third kappa shape index (κ3) is 2.54. The number of thioether (sulfide) groups is 1. The standard InChI is InChI=1S/C12H15NO4S/c1-16-7-3-4-10(17-2)8(5-7)11-13-9(6-18-11)12(14)15/h3-5,9,11,13H,6H2,1-2H3,(H,14,15)/t9-,11?/m0/s1. The van der Waals surface area contributed by atoms with E-state index in [0.717, 1.165) is 17.1 Å². The number of nitrogens with one attached hydrogen (secondary N) is 1. The van der Waals surface area contributed by atoms with Crippen molar-refractivity contribution in [2.75, 3.05) is 20.0 Å². The molecule has 0 aliphatic carbocycles. The van der Waals surface area contributed by atoms with Crippen molar-refractivity contribution in [3.8, 4) is 11.5 Å². The lowest BCUT2D eigenvalue weighted by molar-refractivity contribution is -0.138. The smallest absolute Gasteiger partial charge is 0.321 e. The topological polar surface area (TPSA) is 67.8 Å². The molecular weight excluding hydrogens is 254 g/mol. The van der Waals surface area contributed by atoms with Crippen LogP contribution in [0.3, 0.4) is 0 Å². The van der Waals surface area contributed by atoms with Gasteiger partial charge in [-0.25, -0.2) is 0 Å². The van der Waals surface area contributed by atoms with E-state index in [4.69, 9.17) is 14.6 Å². The second-order valence-electron chi connectivity index (χ2n) is 3.88. The Morgan fingerprint density at radius 3 is 2.78 bits per heavy atom. The molecule has 5 nitrogen and oxygen atoms in total. The van der Waals surface area contributed by atoms with Crippen molar-refractivity contribution in [3.05, 3.63) is 23.8 Å².